The Morgan fingerprint density at radius 2 is 2.00 bits per heavy atom. The number of piperazine rings is 1. The minimum absolute atomic E-state index is 0.210. The van der Waals surface area contributed by atoms with Crippen LogP contribution in [0.25, 0.3) is 0 Å². The quantitative estimate of drug-likeness (QED) is 0.554. The van der Waals surface area contributed by atoms with Crippen LogP contribution in [-0.2, 0) is 6.54 Å². The molecule has 8 heteroatoms. The van der Waals surface area contributed by atoms with Crippen LogP contribution in [0.2, 0.25) is 5.02 Å². The molecule has 1 fully saturated rings. The van der Waals surface area contributed by atoms with E-state index in [1.54, 1.807) is 6.26 Å². The zero-order valence-electron chi connectivity index (χ0n) is 16.7. The van der Waals surface area contributed by atoms with Gasteiger partial charge in [0.05, 0.1) is 12.3 Å². The molecule has 7 nitrogen and oxygen atoms in total. The fourth-order valence-electron chi connectivity index (χ4n) is 3.95. The fraction of sp³-hybridized carbons (Fsp3) is 0.476. The van der Waals surface area contributed by atoms with E-state index in [1.807, 2.05) is 35.0 Å². The second-order valence-electron chi connectivity index (χ2n) is 7.44. The third kappa shape index (κ3) is 4.79. The van der Waals surface area contributed by atoms with E-state index >= 15 is 0 Å². The molecular weight excluding hydrogens is 388 g/mol. The average molecular weight is 415 g/mol. The van der Waals surface area contributed by atoms with Crippen LogP contribution < -0.4 is 4.90 Å². The summed E-state index contributed by atoms with van der Waals surface area (Å²) in [6.07, 6.45) is 5.03. The summed E-state index contributed by atoms with van der Waals surface area (Å²) in [4.78, 5) is 4.91. The number of aromatic nitrogens is 4. The van der Waals surface area contributed by atoms with E-state index in [9.17, 15) is 0 Å². The lowest BCUT2D eigenvalue weighted by Crippen LogP contribution is -2.48. The number of unbranched alkanes of at least 4 members (excludes halogenated alkanes) is 1. The highest BCUT2D eigenvalue weighted by Crippen LogP contribution is 2.28. The van der Waals surface area contributed by atoms with Gasteiger partial charge >= 0.3 is 0 Å². The molecule has 1 aromatic carbocycles. The summed E-state index contributed by atoms with van der Waals surface area (Å²) >= 11 is 6.17. The van der Waals surface area contributed by atoms with Crippen molar-refractivity contribution in [2.24, 2.45) is 0 Å². The van der Waals surface area contributed by atoms with Crippen molar-refractivity contribution in [3.8, 4) is 0 Å². The van der Waals surface area contributed by atoms with Crippen molar-refractivity contribution in [2.75, 3.05) is 31.1 Å². The standard InChI is InChI=1S/C21H27ClN6O/c1-2-3-9-20(21-23-24-25-28(21)16-19-8-5-14-29-19)27-12-10-26(11-13-27)18-7-4-6-17(22)15-18/h4-8,14-15,20H,2-3,9-13,16H2,1H3. The van der Waals surface area contributed by atoms with Gasteiger partial charge in [-0.2, -0.15) is 0 Å². The summed E-state index contributed by atoms with van der Waals surface area (Å²) in [7, 11) is 0. The number of halogens is 1. The Morgan fingerprint density at radius 1 is 1.14 bits per heavy atom. The minimum Gasteiger partial charge on any atom is -0.467 e. The fourth-order valence-corrected chi connectivity index (χ4v) is 4.13. The summed E-state index contributed by atoms with van der Waals surface area (Å²) in [5.74, 6) is 1.78. The van der Waals surface area contributed by atoms with Crippen molar-refractivity contribution < 1.29 is 4.42 Å². The molecule has 29 heavy (non-hydrogen) atoms. The number of benzene rings is 1. The molecule has 1 atom stereocenters. The number of anilines is 1. The largest absolute Gasteiger partial charge is 0.467 e. The minimum atomic E-state index is 0.210. The Balaban J connectivity index is 1.48. The number of hydrogen-bond acceptors (Lipinski definition) is 6. The van der Waals surface area contributed by atoms with Gasteiger partial charge in [-0.25, -0.2) is 4.68 Å². The maximum Gasteiger partial charge on any atom is 0.168 e. The van der Waals surface area contributed by atoms with Gasteiger partial charge in [-0.05, 0) is 47.2 Å². The smallest absolute Gasteiger partial charge is 0.168 e. The van der Waals surface area contributed by atoms with E-state index < -0.39 is 0 Å². The first-order valence-corrected chi connectivity index (χ1v) is 10.7. The van der Waals surface area contributed by atoms with Gasteiger partial charge in [-0.15, -0.1) is 5.10 Å². The van der Waals surface area contributed by atoms with Gasteiger partial charge in [0.2, 0.25) is 0 Å². The third-order valence-corrected chi connectivity index (χ3v) is 5.74. The van der Waals surface area contributed by atoms with Crippen LogP contribution in [0.4, 0.5) is 5.69 Å². The van der Waals surface area contributed by atoms with Crippen LogP contribution in [0.1, 0.15) is 43.8 Å². The maximum absolute atomic E-state index is 6.17. The Bertz CT molecular complexity index is 888. The predicted molar refractivity (Wildman–Crippen MR) is 113 cm³/mol. The van der Waals surface area contributed by atoms with Gasteiger partial charge in [0.25, 0.3) is 0 Å². The topological polar surface area (TPSA) is 63.2 Å². The van der Waals surface area contributed by atoms with E-state index in [0.29, 0.717) is 6.54 Å². The number of nitrogens with zero attached hydrogens (tertiary/aromatic N) is 6. The molecule has 4 rings (SSSR count). The van der Waals surface area contributed by atoms with Crippen LogP contribution in [0.3, 0.4) is 0 Å². The molecule has 1 unspecified atom stereocenters. The lowest BCUT2D eigenvalue weighted by atomic mass is 10.1. The van der Waals surface area contributed by atoms with E-state index in [-0.39, 0.29) is 6.04 Å². The molecule has 1 saturated heterocycles. The van der Waals surface area contributed by atoms with Crippen molar-refractivity contribution in [1.82, 2.24) is 25.1 Å². The molecule has 154 valence electrons. The summed E-state index contributed by atoms with van der Waals surface area (Å²) in [5.41, 5.74) is 1.19. The number of tetrazole rings is 1. The lowest BCUT2D eigenvalue weighted by Gasteiger charge is -2.39. The highest BCUT2D eigenvalue weighted by Gasteiger charge is 2.29. The van der Waals surface area contributed by atoms with Gasteiger partial charge in [0, 0.05) is 36.9 Å². The molecule has 0 spiro atoms. The first-order valence-electron chi connectivity index (χ1n) is 10.3. The highest BCUT2D eigenvalue weighted by molar-refractivity contribution is 6.30. The molecule has 2 aromatic heterocycles. The zero-order chi connectivity index (χ0) is 20.1. The Kier molecular flexibility index (Phi) is 6.46. The Labute approximate surface area is 176 Å². The zero-order valence-corrected chi connectivity index (χ0v) is 17.5. The Hall–Kier alpha value is -2.38. The van der Waals surface area contributed by atoms with Crippen molar-refractivity contribution in [3.63, 3.8) is 0 Å². The molecule has 3 heterocycles. The van der Waals surface area contributed by atoms with Crippen molar-refractivity contribution >= 4 is 17.3 Å². The van der Waals surface area contributed by atoms with E-state index in [0.717, 1.165) is 62.0 Å². The summed E-state index contributed by atoms with van der Waals surface area (Å²) in [6, 6.07) is 12.1. The second kappa shape index (κ2) is 9.41. The number of hydrogen-bond donors (Lipinski definition) is 0. The van der Waals surface area contributed by atoms with Gasteiger partial charge in [-0.3, -0.25) is 4.90 Å². The number of furan rings is 1. The van der Waals surface area contributed by atoms with Crippen LogP contribution in [-0.4, -0.2) is 51.3 Å². The lowest BCUT2D eigenvalue weighted by molar-refractivity contribution is 0.162. The SMILES string of the molecule is CCCCC(c1nnnn1Cc1ccco1)N1CCN(c2cccc(Cl)c2)CC1. The molecule has 0 amide bonds. The van der Waals surface area contributed by atoms with Crippen LogP contribution in [0.5, 0.6) is 0 Å². The normalized spacial score (nSPS) is 16.3. The molecule has 0 radical (unpaired) electrons. The van der Waals surface area contributed by atoms with E-state index in [4.69, 9.17) is 16.0 Å². The molecule has 0 bridgehead atoms. The molecule has 3 aromatic rings. The monoisotopic (exact) mass is 414 g/mol. The van der Waals surface area contributed by atoms with Crippen LogP contribution in [0.15, 0.2) is 47.1 Å². The maximum atomic E-state index is 6.17. The molecular formula is C21H27ClN6O. The molecule has 0 aliphatic carbocycles. The van der Waals surface area contributed by atoms with Gasteiger partial charge in [-0.1, -0.05) is 37.4 Å². The van der Waals surface area contributed by atoms with Crippen molar-refractivity contribution in [1.29, 1.82) is 0 Å². The van der Waals surface area contributed by atoms with Crippen molar-refractivity contribution in [3.05, 3.63) is 59.3 Å². The molecule has 1 aliphatic rings. The van der Waals surface area contributed by atoms with E-state index in [1.165, 1.54) is 5.69 Å². The van der Waals surface area contributed by atoms with Gasteiger partial charge < -0.3 is 9.32 Å². The van der Waals surface area contributed by atoms with Gasteiger partial charge in [0.1, 0.15) is 12.3 Å². The van der Waals surface area contributed by atoms with Crippen LogP contribution >= 0.6 is 11.6 Å². The first kappa shape index (κ1) is 19.9. The Morgan fingerprint density at radius 3 is 2.72 bits per heavy atom. The number of rotatable bonds is 8. The summed E-state index contributed by atoms with van der Waals surface area (Å²) in [5, 5.41) is 13.4. The highest BCUT2D eigenvalue weighted by atomic mass is 35.5. The summed E-state index contributed by atoms with van der Waals surface area (Å²) < 4.78 is 7.37. The third-order valence-electron chi connectivity index (χ3n) is 5.50. The van der Waals surface area contributed by atoms with E-state index in [2.05, 4.69) is 38.3 Å². The van der Waals surface area contributed by atoms with Gasteiger partial charge in [0.15, 0.2) is 5.82 Å². The molecule has 0 saturated carbocycles. The summed E-state index contributed by atoms with van der Waals surface area (Å²) in [6.45, 7) is 6.63. The predicted octanol–water partition coefficient (Wildman–Crippen LogP) is 4.02. The molecule has 1 aliphatic heterocycles. The van der Waals surface area contributed by atoms with Crippen molar-refractivity contribution in [2.45, 2.75) is 38.8 Å². The first-order chi connectivity index (χ1) is 14.2. The average Bonchev–Trinajstić information content (AvgIpc) is 3.42. The molecule has 0 N–H and O–H groups in total. The van der Waals surface area contributed by atoms with Crippen LogP contribution in [0, 0.1) is 0 Å². The second-order valence-corrected chi connectivity index (χ2v) is 7.87.